The predicted octanol–water partition coefficient (Wildman–Crippen LogP) is 2.74. The highest BCUT2D eigenvalue weighted by Crippen LogP contribution is 2.34. The van der Waals surface area contributed by atoms with Crippen molar-refractivity contribution in [1.29, 1.82) is 0 Å². The number of aromatic nitrogens is 2. The van der Waals surface area contributed by atoms with E-state index in [1.165, 1.54) is 17.3 Å². The Bertz CT molecular complexity index is 726. The van der Waals surface area contributed by atoms with Gasteiger partial charge >= 0.3 is 0 Å². The highest BCUT2D eigenvalue weighted by Gasteiger charge is 2.21. The molecule has 0 aliphatic heterocycles. The number of benzene rings is 1. The predicted molar refractivity (Wildman–Crippen MR) is 92.2 cm³/mol. The number of nitrogens with zero attached hydrogens (tertiary/aromatic N) is 2. The summed E-state index contributed by atoms with van der Waals surface area (Å²) in [7, 11) is 0. The molecular weight excluding hydrogens is 328 g/mol. The fourth-order valence-electron chi connectivity index (χ4n) is 2.68. The Morgan fingerprint density at radius 3 is 2.71 bits per heavy atom. The molecule has 0 spiro atoms. The molecule has 1 aromatic heterocycles. The van der Waals surface area contributed by atoms with Gasteiger partial charge in [0.2, 0.25) is 0 Å². The first kappa shape index (κ1) is 17.1. The van der Waals surface area contributed by atoms with E-state index in [-0.39, 0.29) is 18.7 Å². The van der Waals surface area contributed by atoms with E-state index in [1.54, 1.807) is 18.2 Å². The number of halogens is 1. The summed E-state index contributed by atoms with van der Waals surface area (Å²) in [5.41, 5.74) is 1.73. The van der Waals surface area contributed by atoms with Crippen LogP contribution in [0.4, 0.5) is 0 Å². The average molecular weight is 349 g/mol. The lowest BCUT2D eigenvalue weighted by Gasteiger charge is -2.24. The summed E-state index contributed by atoms with van der Waals surface area (Å²) in [6, 6.07) is 8.94. The summed E-state index contributed by atoms with van der Waals surface area (Å²) in [4.78, 5) is 16.5. The Kier molecular flexibility index (Phi) is 5.66. The molecule has 5 nitrogen and oxygen atoms in total. The van der Waals surface area contributed by atoms with E-state index >= 15 is 0 Å². The van der Waals surface area contributed by atoms with Crippen molar-refractivity contribution >= 4 is 11.6 Å². The van der Waals surface area contributed by atoms with Gasteiger partial charge in [0, 0.05) is 17.0 Å². The van der Waals surface area contributed by atoms with Crippen molar-refractivity contribution < 1.29 is 9.84 Å². The first-order valence-electron chi connectivity index (χ1n) is 8.18. The molecule has 3 rings (SSSR count). The average Bonchev–Trinajstić information content (AvgIpc) is 2.50. The zero-order valence-electron chi connectivity index (χ0n) is 13.4. The molecule has 24 heavy (non-hydrogen) atoms. The zero-order valence-corrected chi connectivity index (χ0v) is 14.2. The van der Waals surface area contributed by atoms with Crippen LogP contribution in [-0.4, -0.2) is 27.4 Å². The molecule has 0 radical (unpaired) electrons. The smallest absolute Gasteiger partial charge is 0.253 e. The van der Waals surface area contributed by atoms with Crippen LogP contribution in [0.1, 0.15) is 36.4 Å². The largest absolute Gasteiger partial charge is 0.389 e. The van der Waals surface area contributed by atoms with Crippen LogP contribution in [0.25, 0.3) is 0 Å². The van der Waals surface area contributed by atoms with Gasteiger partial charge in [0.1, 0.15) is 0 Å². The molecule has 1 saturated carbocycles. The molecule has 128 valence electrons. The normalized spacial score (nSPS) is 15.9. The SMILES string of the molecule is O=c1cc(C2CCC2)ncn1CC(O)COCc1ccc(Cl)cc1. The molecule has 1 N–H and O–H groups in total. The minimum absolute atomic E-state index is 0.122. The Labute approximate surface area is 145 Å². The van der Waals surface area contributed by atoms with Crippen molar-refractivity contribution in [2.75, 3.05) is 6.61 Å². The quantitative estimate of drug-likeness (QED) is 0.835. The molecule has 1 aliphatic rings. The third-order valence-corrected chi connectivity index (χ3v) is 4.58. The summed E-state index contributed by atoms with van der Waals surface area (Å²) in [6.07, 6.45) is 4.19. The van der Waals surface area contributed by atoms with Crippen molar-refractivity contribution in [1.82, 2.24) is 9.55 Å². The third kappa shape index (κ3) is 4.44. The van der Waals surface area contributed by atoms with E-state index in [2.05, 4.69) is 4.98 Å². The van der Waals surface area contributed by atoms with E-state index in [9.17, 15) is 9.90 Å². The molecule has 0 saturated heterocycles. The van der Waals surface area contributed by atoms with E-state index in [1.807, 2.05) is 12.1 Å². The van der Waals surface area contributed by atoms with Gasteiger partial charge in [0.25, 0.3) is 5.56 Å². The van der Waals surface area contributed by atoms with Gasteiger partial charge in [-0.15, -0.1) is 0 Å². The van der Waals surface area contributed by atoms with Gasteiger partial charge in [-0.1, -0.05) is 30.2 Å². The minimum atomic E-state index is -0.758. The first-order valence-corrected chi connectivity index (χ1v) is 8.56. The van der Waals surface area contributed by atoms with Crippen LogP contribution in [0, 0.1) is 0 Å². The van der Waals surface area contributed by atoms with Crippen LogP contribution in [0.5, 0.6) is 0 Å². The fourth-order valence-corrected chi connectivity index (χ4v) is 2.80. The number of hydrogen-bond donors (Lipinski definition) is 1. The maximum absolute atomic E-state index is 12.1. The maximum Gasteiger partial charge on any atom is 0.253 e. The molecule has 1 unspecified atom stereocenters. The first-order chi connectivity index (χ1) is 11.6. The Morgan fingerprint density at radius 2 is 2.08 bits per heavy atom. The van der Waals surface area contributed by atoms with Crippen molar-refractivity contribution in [2.45, 2.75) is 44.4 Å². The van der Waals surface area contributed by atoms with Crippen LogP contribution in [0.3, 0.4) is 0 Å². The third-order valence-electron chi connectivity index (χ3n) is 4.32. The highest BCUT2D eigenvalue weighted by atomic mass is 35.5. The molecule has 1 aliphatic carbocycles. The Balaban J connectivity index is 1.48. The second-order valence-corrected chi connectivity index (χ2v) is 6.66. The van der Waals surface area contributed by atoms with Crippen molar-refractivity contribution in [2.24, 2.45) is 0 Å². The highest BCUT2D eigenvalue weighted by molar-refractivity contribution is 6.30. The molecular formula is C18H21ClN2O3. The summed E-state index contributed by atoms with van der Waals surface area (Å²) in [5, 5.41) is 10.7. The van der Waals surface area contributed by atoms with Crippen LogP contribution >= 0.6 is 11.6 Å². The van der Waals surface area contributed by atoms with E-state index in [0.29, 0.717) is 17.5 Å². The Hall–Kier alpha value is -1.69. The topological polar surface area (TPSA) is 64.4 Å². The van der Waals surface area contributed by atoms with Gasteiger partial charge in [-0.3, -0.25) is 9.36 Å². The molecule has 2 aromatic rings. The lowest BCUT2D eigenvalue weighted by Crippen LogP contribution is -2.30. The van der Waals surface area contributed by atoms with Crippen LogP contribution in [-0.2, 0) is 17.9 Å². The van der Waals surface area contributed by atoms with Gasteiger partial charge in [0.15, 0.2) is 0 Å². The number of rotatable bonds is 7. The van der Waals surface area contributed by atoms with Gasteiger partial charge in [0.05, 0.1) is 37.9 Å². The molecule has 0 bridgehead atoms. The van der Waals surface area contributed by atoms with Gasteiger partial charge in [-0.25, -0.2) is 4.98 Å². The number of aliphatic hydroxyl groups excluding tert-OH is 1. The number of hydrogen-bond acceptors (Lipinski definition) is 4. The Morgan fingerprint density at radius 1 is 1.33 bits per heavy atom. The summed E-state index contributed by atoms with van der Waals surface area (Å²) < 4.78 is 6.92. The molecule has 1 heterocycles. The second kappa shape index (κ2) is 7.92. The summed E-state index contributed by atoms with van der Waals surface area (Å²) >= 11 is 5.83. The van der Waals surface area contributed by atoms with E-state index < -0.39 is 6.10 Å². The standard InChI is InChI=1S/C18H21ClN2O3/c19-15-6-4-13(5-7-15)10-24-11-16(22)9-21-12-20-17(8-18(21)23)14-2-1-3-14/h4-8,12,14,16,22H,1-3,9-11H2. The second-order valence-electron chi connectivity index (χ2n) is 6.23. The van der Waals surface area contributed by atoms with Crippen molar-refractivity contribution in [3.05, 3.63) is 63.3 Å². The van der Waals surface area contributed by atoms with Crippen LogP contribution in [0.2, 0.25) is 5.02 Å². The summed E-state index contributed by atoms with van der Waals surface area (Å²) in [5.74, 6) is 0.431. The molecule has 1 fully saturated rings. The van der Waals surface area contributed by atoms with Crippen LogP contribution < -0.4 is 5.56 Å². The lowest BCUT2D eigenvalue weighted by molar-refractivity contribution is 0.0197. The summed E-state index contributed by atoms with van der Waals surface area (Å²) in [6.45, 7) is 0.721. The maximum atomic E-state index is 12.1. The number of ether oxygens (including phenoxy) is 1. The fraction of sp³-hybridized carbons (Fsp3) is 0.444. The molecule has 0 amide bonds. The molecule has 6 heteroatoms. The molecule has 1 atom stereocenters. The van der Waals surface area contributed by atoms with E-state index in [0.717, 1.165) is 24.1 Å². The lowest BCUT2D eigenvalue weighted by atomic mass is 9.83. The van der Waals surface area contributed by atoms with Crippen molar-refractivity contribution in [3.8, 4) is 0 Å². The zero-order chi connectivity index (χ0) is 16.9. The van der Waals surface area contributed by atoms with Crippen LogP contribution in [0.15, 0.2) is 41.5 Å². The van der Waals surface area contributed by atoms with Gasteiger partial charge < -0.3 is 9.84 Å². The van der Waals surface area contributed by atoms with Gasteiger partial charge in [-0.2, -0.15) is 0 Å². The molecule has 1 aromatic carbocycles. The van der Waals surface area contributed by atoms with E-state index in [4.69, 9.17) is 16.3 Å². The van der Waals surface area contributed by atoms with Crippen molar-refractivity contribution in [3.63, 3.8) is 0 Å². The monoisotopic (exact) mass is 348 g/mol. The van der Waals surface area contributed by atoms with Gasteiger partial charge in [-0.05, 0) is 30.5 Å². The number of aliphatic hydroxyl groups is 1. The minimum Gasteiger partial charge on any atom is -0.389 e.